The molecule has 8 heteroatoms. The number of nitrogens with one attached hydrogen (secondary N) is 1. The van der Waals surface area contributed by atoms with Gasteiger partial charge in [0, 0.05) is 0 Å². The first-order chi connectivity index (χ1) is 14.0. The monoisotopic (exact) mass is 414 g/mol. The lowest BCUT2D eigenvalue weighted by Crippen LogP contribution is -2.37. The molecule has 2 aromatic rings. The fourth-order valence-corrected chi connectivity index (χ4v) is 7.59. The fraction of sp³-hybridized carbons (Fsp3) is 0.238. The minimum absolute atomic E-state index is 0.213. The summed E-state index contributed by atoms with van der Waals surface area (Å²) in [6.07, 6.45) is 0.540. The molecular weight excluding hydrogens is 387 g/mol. The van der Waals surface area contributed by atoms with E-state index < -0.39 is 18.9 Å². The van der Waals surface area contributed by atoms with Crippen LogP contribution in [0.5, 0.6) is 0 Å². The highest BCUT2D eigenvalue weighted by atomic mass is 31.2. The number of urea groups is 1. The van der Waals surface area contributed by atoms with E-state index in [1.807, 2.05) is 60.7 Å². The van der Waals surface area contributed by atoms with Crippen LogP contribution in [0.25, 0.3) is 0 Å². The molecule has 0 saturated carbocycles. The quantitative estimate of drug-likeness (QED) is 0.262. The molecule has 0 radical (unpaired) electrons. The second-order valence-corrected chi connectivity index (χ2v) is 9.78. The summed E-state index contributed by atoms with van der Waals surface area (Å²) in [6, 6.07) is 18.7. The summed E-state index contributed by atoms with van der Waals surface area (Å²) >= 11 is 0. The number of nitrogens with two attached hydrogens (primary N) is 2. The minimum atomic E-state index is -2.52. The second kappa shape index (κ2) is 10.6. The number of hydrogen-bond donors (Lipinski definition) is 3. The molecule has 0 bridgehead atoms. The standard InChI is InChI=1S/C21H27N4O3P/c1-3-28-20(26)19(16(2)24-25-21(23)27)29(15-14-22,17-10-6-4-7-11-17)18-12-8-5-9-13-18/h4-13H,3,14-15,22H2,1-2H3,(H3,23,25,27)/b24-16-. The highest BCUT2D eigenvalue weighted by Gasteiger charge is 2.33. The Kier molecular flexibility index (Phi) is 8.19. The Balaban J connectivity index is 3.01. The number of hydrazone groups is 1. The van der Waals surface area contributed by atoms with Gasteiger partial charge < -0.3 is 16.2 Å². The van der Waals surface area contributed by atoms with Crippen molar-refractivity contribution in [3.05, 3.63) is 60.7 Å². The van der Waals surface area contributed by atoms with E-state index in [0.717, 1.165) is 10.6 Å². The molecule has 0 saturated heterocycles. The van der Waals surface area contributed by atoms with Gasteiger partial charge in [-0.05, 0) is 44.0 Å². The first kappa shape index (κ1) is 22.4. The summed E-state index contributed by atoms with van der Waals surface area (Å²) in [5, 5.41) is 6.44. The third kappa shape index (κ3) is 5.13. The topological polar surface area (TPSA) is 120 Å². The molecule has 2 amide bonds. The van der Waals surface area contributed by atoms with Gasteiger partial charge in [0.1, 0.15) is 0 Å². The van der Waals surface area contributed by atoms with Crippen LogP contribution in [0.15, 0.2) is 65.8 Å². The minimum Gasteiger partial charge on any atom is -0.462 e. The molecule has 0 aliphatic heterocycles. The lowest BCUT2D eigenvalue weighted by molar-refractivity contribution is -0.134. The lowest BCUT2D eigenvalue weighted by atomic mass is 10.3. The second-order valence-electron chi connectivity index (χ2n) is 6.24. The normalized spacial score (nSPS) is 11.6. The van der Waals surface area contributed by atoms with E-state index in [2.05, 4.69) is 10.5 Å². The highest BCUT2D eigenvalue weighted by Crippen LogP contribution is 2.47. The van der Waals surface area contributed by atoms with Gasteiger partial charge in [-0.15, -0.1) is 0 Å². The van der Waals surface area contributed by atoms with E-state index in [1.54, 1.807) is 13.8 Å². The van der Waals surface area contributed by atoms with Crippen molar-refractivity contribution in [3.63, 3.8) is 0 Å². The Morgan fingerprint density at radius 2 is 1.55 bits per heavy atom. The first-order valence-electron chi connectivity index (χ1n) is 9.31. The Hall–Kier alpha value is -2.89. The first-order valence-corrected chi connectivity index (χ1v) is 11.3. The number of esters is 1. The van der Waals surface area contributed by atoms with E-state index in [1.165, 1.54) is 0 Å². The van der Waals surface area contributed by atoms with Crippen LogP contribution in [0, 0.1) is 0 Å². The predicted molar refractivity (Wildman–Crippen MR) is 120 cm³/mol. The fourth-order valence-electron chi connectivity index (χ4n) is 3.31. The van der Waals surface area contributed by atoms with Crippen molar-refractivity contribution in [1.82, 2.24) is 5.43 Å². The number of carbonyl (C=O) groups excluding carboxylic acids is 2. The number of hydrogen-bond acceptors (Lipinski definition) is 5. The molecule has 5 N–H and O–H groups in total. The van der Waals surface area contributed by atoms with Crippen LogP contribution in [-0.2, 0) is 9.53 Å². The van der Waals surface area contributed by atoms with Gasteiger partial charge in [-0.1, -0.05) is 60.7 Å². The molecule has 0 spiro atoms. The number of carbonyl (C=O) groups is 2. The molecule has 0 aliphatic carbocycles. The molecule has 0 atom stereocenters. The van der Waals surface area contributed by atoms with Gasteiger partial charge >= 0.3 is 12.0 Å². The Labute approximate surface area is 171 Å². The van der Waals surface area contributed by atoms with Crippen molar-refractivity contribution in [2.24, 2.45) is 16.6 Å². The number of amides is 2. The average Bonchev–Trinajstić information content (AvgIpc) is 2.73. The van der Waals surface area contributed by atoms with Gasteiger partial charge in [-0.2, -0.15) is 5.10 Å². The largest absolute Gasteiger partial charge is 0.462 e. The number of benzene rings is 2. The summed E-state index contributed by atoms with van der Waals surface area (Å²) in [5.74, 6) is -0.477. The van der Waals surface area contributed by atoms with Gasteiger partial charge in [0.05, 0.1) is 17.6 Å². The third-order valence-electron chi connectivity index (χ3n) is 4.39. The molecule has 0 aromatic heterocycles. The van der Waals surface area contributed by atoms with Gasteiger partial charge in [0.25, 0.3) is 0 Å². The van der Waals surface area contributed by atoms with Crippen LogP contribution in [0.2, 0.25) is 0 Å². The number of primary amides is 1. The van der Waals surface area contributed by atoms with Crippen molar-refractivity contribution >= 4 is 40.5 Å². The van der Waals surface area contributed by atoms with Crippen molar-refractivity contribution in [2.75, 3.05) is 19.3 Å². The Morgan fingerprint density at radius 3 is 1.97 bits per heavy atom. The average molecular weight is 414 g/mol. The Morgan fingerprint density at radius 1 is 1.03 bits per heavy atom. The van der Waals surface area contributed by atoms with E-state index in [-0.39, 0.29) is 6.61 Å². The van der Waals surface area contributed by atoms with Crippen LogP contribution in [-0.4, -0.2) is 42.3 Å². The van der Waals surface area contributed by atoms with Crippen molar-refractivity contribution in [2.45, 2.75) is 13.8 Å². The molecule has 7 nitrogen and oxygen atoms in total. The summed E-state index contributed by atoms with van der Waals surface area (Å²) in [7, 11) is 0. The van der Waals surface area contributed by atoms with Gasteiger partial charge in [-0.3, -0.25) is 0 Å². The van der Waals surface area contributed by atoms with Crippen molar-refractivity contribution < 1.29 is 14.3 Å². The van der Waals surface area contributed by atoms with Crippen molar-refractivity contribution in [3.8, 4) is 0 Å². The molecule has 0 unspecified atom stereocenters. The zero-order chi connectivity index (χ0) is 21.3. The summed E-state index contributed by atoms with van der Waals surface area (Å²) in [4.78, 5) is 24.4. The SMILES string of the molecule is CCOC(=O)C(/C(C)=N\NC(N)=O)=P(CCN)(c1ccccc1)c1ccccc1. The van der Waals surface area contributed by atoms with E-state index >= 15 is 0 Å². The molecule has 2 aromatic carbocycles. The van der Waals surface area contributed by atoms with Crippen LogP contribution < -0.4 is 27.5 Å². The molecule has 154 valence electrons. The highest BCUT2D eigenvalue weighted by molar-refractivity contribution is 7.92. The van der Waals surface area contributed by atoms with E-state index in [9.17, 15) is 9.59 Å². The molecule has 0 heterocycles. The summed E-state index contributed by atoms with van der Waals surface area (Å²) < 4.78 is 5.41. The van der Waals surface area contributed by atoms with Gasteiger partial charge in [0.15, 0.2) is 0 Å². The zero-order valence-corrected chi connectivity index (χ0v) is 17.6. The zero-order valence-electron chi connectivity index (χ0n) is 16.7. The predicted octanol–water partition coefficient (Wildman–Crippen LogP) is 1.39. The third-order valence-corrected chi connectivity index (χ3v) is 8.94. The molecule has 2 rings (SSSR count). The maximum Gasteiger partial charge on any atom is 0.340 e. The van der Waals surface area contributed by atoms with Crippen LogP contribution in [0.4, 0.5) is 4.79 Å². The molecule has 0 fully saturated rings. The van der Waals surface area contributed by atoms with E-state index in [0.29, 0.717) is 23.7 Å². The van der Waals surface area contributed by atoms with Crippen LogP contribution >= 0.6 is 6.89 Å². The van der Waals surface area contributed by atoms with Crippen LogP contribution in [0.1, 0.15) is 13.8 Å². The maximum atomic E-state index is 13.2. The molecule has 0 aliphatic rings. The maximum absolute atomic E-state index is 13.2. The van der Waals surface area contributed by atoms with Gasteiger partial charge in [-0.25, -0.2) is 15.0 Å². The van der Waals surface area contributed by atoms with Crippen molar-refractivity contribution in [1.29, 1.82) is 0 Å². The lowest BCUT2D eigenvalue weighted by Gasteiger charge is -2.31. The van der Waals surface area contributed by atoms with Crippen LogP contribution in [0.3, 0.4) is 0 Å². The summed E-state index contributed by atoms with van der Waals surface area (Å²) in [6.45, 7) is 1.47. The smallest absolute Gasteiger partial charge is 0.340 e. The van der Waals surface area contributed by atoms with E-state index in [4.69, 9.17) is 16.2 Å². The molecular formula is C21H27N4O3P. The number of ether oxygens (including phenoxy) is 1. The van der Waals surface area contributed by atoms with Gasteiger partial charge in [0.2, 0.25) is 0 Å². The number of nitrogens with zero attached hydrogens (tertiary/aromatic N) is 1. The Bertz CT molecular complexity index is 884. The molecule has 29 heavy (non-hydrogen) atoms. The summed E-state index contributed by atoms with van der Waals surface area (Å²) in [5.41, 5.74) is 13.8. The number of rotatable bonds is 8.